The van der Waals surface area contributed by atoms with Crippen molar-refractivity contribution in [1.29, 1.82) is 0 Å². The van der Waals surface area contributed by atoms with E-state index in [0.29, 0.717) is 29.2 Å². The molecule has 0 aliphatic heterocycles. The third-order valence-corrected chi connectivity index (χ3v) is 7.33. The fourth-order valence-electron chi connectivity index (χ4n) is 2.89. The molecule has 1 aromatic carbocycles. The summed E-state index contributed by atoms with van der Waals surface area (Å²) in [6.07, 6.45) is 0.452. The van der Waals surface area contributed by atoms with Crippen molar-refractivity contribution >= 4 is 33.3 Å². The van der Waals surface area contributed by atoms with Crippen LogP contribution in [-0.4, -0.2) is 41.1 Å². The molecule has 1 aromatic heterocycles. The van der Waals surface area contributed by atoms with Crippen LogP contribution in [0, 0.1) is 6.92 Å². The van der Waals surface area contributed by atoms with Crippen LogP contribution in [0.5, 0.6) is 5.75 Å². The van der Waals surface area contributed by atoms with Gasteiger partial charge < -0.3 is 15.4 Å². The lowest BCUT2D eigenvalue weighted by molar-refractivity contribution is 0.0951. The van der Waals surface area contributed by atoms with Crippen molar-refractivity contribution in [3.8, 4) is 5.75 Å². The number of benzene rings is 1. The molecule has 10 heteroatoms. The maximum atomic E-state index is 12.7. The van der Waals surface area contributed by atoms with Gasteiger partial charge in [-0.3, -0.25) is 4.79 Å². The summed E-state index contributed by atoms with van der Waals surface area (Å²) < 4.78 is 32.0. The average Bonchev–Trinajstić information content (AvgIpc) is 3.07. The highest BCUT2D eigenvalue weighted by Gasteiger charge is 2.22. The Balaban J connectivity index is 2.09. The number of thiophene rings is 1. The lowest BCUT2D eigenvalue weighted by Crippen LogP contribution is -2.37. The van der Waals surface area contributed by atoms with Crippen LogP contribution >= 0.6 is 11.3 Å². The zero-order chi connectivity index (χ0) is 23.4. The van der Waals surface area contributed by atoms with Crippen LogP contribution in [0.1, 0.15) is 46.4 Å². The number of carbonyl (C=O) groups excluding carboxylic acids is 2. The first-order valence-corrected chi connectivity index (χ1v) is 12.0. The number of nitrogens with one attached hydrogen (secondary N) is 3. The molecule has 0 atom stereocenters. The summed E-state index contributed by atoms with van der Waals surface area (Å²) in [5, 5.41) is 5.09. The Morgan fingerprint density at radius 2 is 1.84 bits per heavy atom. The van der Waals surface area contributed by atoms with Crippen molar-refractivity contribution in [2.75, 3.05) is 20.7 Å². The molecule has 0 unspecified atom stereocenters. The van der Waals surface area contributed by atoms with Gasteiger partial charge in [0.1, 0.15) is 10.6 Å². The normalized spacial score (nSPS) is 11.7. The second kappa shape index (κ2) is 9.69. The predicted octanol–water partition coefficient (Wildman–Crippen LogP) is 2.95. The number of hydrogen-bond acceptors (Lipinski definition) is 6. The highest BCUT2D eigenvalue weighted by Crippen LogP contribution is 2.28. The van der Waals surface area contributed by atoms with Gasteiger partial charge in [0.15, 0.2) is 0 Å². The van der Waals surface area contributed by atoms with E-state index in [0.717, 1.165) is 10.4 Å². The van der Waals surface area contributed by atoms with E-state index < -0.39 is 16.1 Å². The molecule has 31 heavy (non-hydrogen) atoms. The monoisotopic (exact) mass is 467 g/mol. The van der Waals surface area contributed by atoms with E-state index in [1.54, 1.807) is 13.0 Å². The Labute approximate surface area is 187 Å². The maximum Gasteiger partial charge on any atom is 0.328 e. The van der Waals surface area contributed by atoms with Crippen molar-refractivity contribution < 1.29 is 22.7 Å². The molecule has 0 aliphatic rings. The molecule has 0 saturated carbocycles. The molecule has 3 amide bonds. The number of sulfonamides is 1. The van der Waals surface area contributed by atoms with Crippen molar-refractivity contribution in [3.63, 3.8) is 0 Å². The summed E-state index contributed by atoms with van der Waals surface area (Å²) in [6.45, 7) is 8.21. The van der Waals surface area contributed by atoms with Gasteiger partial charge in [-0.15, -0.1) is 11.3 Å². The Hall–Kier alpha value is -2.59. The Morgan fingerprint density at radius 1 is 1.16 bits per heavy atom. The number of carbonyl (C=O) groups is 2. The zero-order valence-electron chi connectivity index (χ0n) is 18.6. The molecule has 1 heterocycles. The first kappa shape index (κ1) is 24.7. The molecule has 170 valence electrons. The lowest BCUT2D eigenvalue weighted by Gasteiger charge is -2.21. The van der Waals surface area contributed by atoms with Crippen LogP contribution in [0.15, 0.2) is 29.2 Å². The second-order valence-electron chi connectivity index (χ2n) is 7.99. The first-order chi connectivity index (χ1) is 14.4. The fraction of sp³-hybridized carbons (Fsp3) is 0.429. The number of hydrogen-bond donors (Lipinski definition) is 3. The van der Waals surface area contributed by atoms with Crippen LogP contribution in [-0.2, 0) is 21.9 Å². The Morgan fingerprint density at radius 3 is 2.42 bits per heavy atom. The molecule has 2 rings (SSSR count). The van der Waals surface area contributed by atoms with Gasteiger partial charge in [0.05, 0.1) is 12.7 Å². The number of aryl methyl sites for hydroxylation is 1. The molecule has 0 radical (unpaired) electrons. The van der Waals surface area contributed by atoms with Crippen LogP contribution in [0.25, 0.3) is 0 Å². The van der Waals surface area contributed by atoms with E-state index in [1.165, 1.54) is 31.6 Å². The SMILES string of the molecule is CNC(=O)NS(=O)(=O)c1cc(CCNC(=O)c2cc(C(C)(C)C)ccc2OC)sc1C. The van der Waals surface area contributed by atoms with Crippen LogP contribution in [0.4, 0.5) is 4.79 Å². The summed E-state index contributed by atoms with van der Waals surface area (Å²) in [4.78, 5) is 25.5. The minimum atomic E-state index is -3.95. The summed E-state index contributed by atoms with van der Waals surface area (Å²) in [5.41, 5.74) is 1.36. The smallest absolute Gasteiger partial charge is 0.328 e. The third-order valence-electron chi connectivity index (χ3n) is 4.63. The predicted molar refractivity (Wildman–Crippen MR) is 122 cm³/mol. The van der Waals surface area contributed by atoms with Crippen LogP contribution in [0.2, 0.25) is 0 Å². The molecule has 0 bridgehead atoms. The van der Waals surface area contributed by atoms with Gasteiger partial charge >= 0.3 is 6.03 Å². The topological polar surface area (TPSA) is 114 Å². The summed E-state index contributed by atoms with van der Waals surface area (Å²) in [7, 11) is -1.09. The molecule has 0 saturated heterocycles. The van der Waals surface area contributed by atoms with E-state index in [4.69, 9.17) is 4.74 Å². The molecule has 8 nitrogen and oxygen atoms in total. The van der Waals surface area contributed by atoms with Crippen molar-refractivity contribution in [1.82, 2.24) is 15.4 Å². The van der Waals surface area contributed by atoms with Crippen LogP contribution in [0.3, 0.4) is 0 Å². The largest absolute Gasteiger partial charge is 0.496 e. The lowest BCUT2D eigenvalue weighted by atomic mass is 9.86. The minimum Gasteiger partial charge on any atom is -0.496 e. The standard InChI is InChI=1S/C21H29N3O5S2/c1-13-18(31(27,28)24-20(26)22-5)12-15(30-13)9-10-23-19(25)16-11-14(21(2,3)4)7-8-17(16)29-6/h7-8,11-12H,9-10H2,1-6H3,(H,23,25)(H2,22,24,26). The molecule has 3 N–H and O–H groups in total. The van der Waals surface area contributed by atoms with E-state index in [2.05, 4.69) is 31.4 Å². The number of ether oxygens (including phenoxy) is 1. The van der Waals surface area contributed by atoms with E-state index >= 15 is 0 Å². The Kier molecular flexibility index (Phi) is 7.72. The van der Waals surface area contributed by atoms with Gasteiger partial charge in [-0.05, 0) is 42.5 Å². The van der Waals surface area contributed by atoms with Gasteiger partial charge in [-0.1, -0.05) is 26.8 Å². The van der Waals surface area contributed by atoms with Gasteiger partial charge in [-0.2, -0.15) is 0 Å². The number of amides is 3. The highest BCUT2D eigenvalue weighted by molar-refractivity contribution is 7.90. The molecule has 0 aliphatic carbocycles. The van der Waals surface area contributed by atoms with Crippen molar-refractivity contribution in [3.05, 3.63) is 45.1 Å². The van der Waals surface area contributed by atoms with E-state index in [9.17, 15) is 18.0 Å². The number of methoxy groups -OCH3 is 1. The minimum absolute atomic E-state index is 0.0574. The molecule has 2 aromatic rings. The van der Waals surface area contributed by atoms with Crippen molar-refractivity contribution in [2.45, 2.75) is 44.4 Å². The van der Waals surface area contributed by atoms with Crippen LogP contribution < -0.4 is 20.1 Å². The second-order valence-corrected chi connectivity index (χ2v) is 11.0. The third kappa shape index (κ3) is 6.20. The van der Waals surface area contributed by atoms with Gasteiger partial charge in [0.2, 0.25) is 0 Å². The molecular weight excluding hydrogens is 438 g/mol. The highest BCUT2D eigenvalue weighted by atomic mass is 32.2. The fourth-order valence-corrected chi connectivity index (χ4v) is 5.48. The molecule has 0 fully saturated rings. The summed E-state index contributed by atoms with van der Waals surface area (Å²) >= 11 is 1.31. The number of rotatable bonds is 7. The van der Waals surface area contributed by atoms with E-state index in [-0.39, 0.29) is 16.2 Å². The molecule has 0 spiro atoms. The number of urea groups is 1. The Bertz CT molecular complexity index is 1070. The van der Waals surface area contributed by atoms with E-state index in [1.807, 2.05) is 16.9 Å². The summed E-state index contributed by atoms with van der Waals surface area (Å²) in [5.74, 6) is 0.233. The maximum absolute atomic E-state index is 12.7. The first-order valence-electron chi connectivity index (χ1n) is 9.69. The zero-order valence-corrected chi connectivity index (χ0v) is 20.2. The average molecular weight is 468 g/mol. The van der Waals surface area contributed by atoms with Gasteiger partial charge in [0.25, 0.3) is 15.9 Å². The summed E-state index contributed by atoms with van der Waals surface area (Å²) in [6, 6.07) is 6.29. The van der Waals surface area contributed by atoms with Crippen molar-refractivity contribution in [2.24, 2.45) is 0 Å². The van der Waals surface area contributed by atoms with Gasteiger partial charge in [-0.25, -0.2) is 17.9 Å². The van der Waals surface area contributed by atoms with Gasteiger partial charge in [0, 0.05) is 23.3 Å². The molecular formula is C21H29N3O5S2. The quantitative estimate of drug-likeness (QED) is 0.579.